The summed E-state index contributed by atoms with van der Waals surface area (Å²) in [6.45, 7) is 4.00. The maximum Gasteiger partial charge on any atom is 0.234 e. The molecule has 1 heterocycles. The van der Waals surface area contributed by atoms with Gasteiger partial charge in [0.05, 0.1) is 6.54 Å². The number of carbonyl (C=O) groups is 1. The number of halogens is 1. The van der Waals surface area contributed by atoms with Crippen molar-refractivity contribution >= 4 is 17.5 Å². The van der Waals surface area contributed by atoms with E-state index in [9.17, 15) is 4.79 Å². The van der Waals surface area contributed by atoms with Crippen LogP contribution in [0.15, 0.2) is 24.3 Å². The summed E-state index contributed by atoms with van der Waals surface area (Å²) < 4.78 is 0. The first-order valence-corrected chi connectivity index (χ1v) is 7.44. The van der Waals surface area contributed by atoms with Crippen LogP contribution >= 0.6 is 11.6 Å². The van der Waals surface area contributed by atoms with E-state index in [1.165, 1.54) is 6.42 Å². The summed E-state index contributed by atoms with van der Waals surface area (Å²) >= 11 is 6.06. The summed E-state index contributed by atoms with van der Waals surface area (Å²) in [6, 6.07) is 7.59. The van der Waals surface area contributed by atoms with Gasteiger partial charge in [-0.2, -0.15) is 0 Å². The number of benzene rings is 1. The van der Waals surface area contributed by atoms with Crippen molar-refractivity contribution in [1.82, 2.24) is 15.5 Å². The molecule has 0 aromatic heterocycles. The monoisotopic (exact) mass is 295 g/mol. The van der Waals surface area contributed by atoms with Crippen LogP contribution in [0.1, 0.15) is 12.0 Å². The molecule has 1 aromatic rings. The number of nitrogens with one attached hydrogen (secondary N) is 2. The highest BCUT2D eigenvalue weighted by Gasteiger charge is 2.23. The fraction of sp³-hybridized carbons (Fsp3) is 0.533. The van der Waals surface area contributed by atoms with Crippen molar-refractivity contribution in [2.45, 2.75) is 13.0 Å². The second kappa shape index (κ2) is 7.62. The minimum absolute atomic E-state index is 0.0648. The highest BCUT2D eigenvalue weighted by molar-refractivity contribution is 6.31. The fourth-order valence-corrected chi connectivity index (χ4v) is 2.81. The van der Waals surface area contributed by atoms with Crippen LogP contribution in [0.3, 0.4) is 0 Å². The van der Waals surface area contributed by atoms with Gasteiger partial charge in [-0.15, -0.1) is 0 Å². The third kappa shape index (κ3) is 4.47. The number of likely N-dealkylation sites (tertiary alicyclic amines) is 1. The molecule has 1 atom stereocenters. The summed E-state index contributed by atoms with van der Waals surface area (Å²) in [7, 11) is 1.97. The number of amides is 1. The second-order valence-corrected chi connectivity index (χ2v) is 5.72. The van der Waals surface area contributed by atoms with Crippen molar-refractivity contribution in [1.29, 1.82) is 0 Å². The van der Waals surface area contributed by atoms with Crippen LogP contribution in [0.2, 0.25) is 5.02 Å². The third-order valence-electron chi connectivity index (χ3n) is 3.66. The number of hydrogen-bond acceptors (Lipinski definition) is 3. The van der Waals surface area contributed by atoms with Crippen molar-refractivity contribution in [2.75, 3.05) is 33.2 Å². The molecule has 1 aromatic carbocycles. The van der Waals surface area contributed by atoms with Gasteiger partial charge in [-0.1, -0.05) is 29.8 Å². The lowest BCUT2D eigenvalue weighted by atomic mass is 10.1. The molecule has 0 bridgehead atoms. The first-order chi connectivity index (χ1) is 9.69. The molecule has 1 aliphatic heterocycles. The third-order valence-corrected chi connectivity index (χ3v) is 4.03. The van der Waals surface area contributed by atoms with Crippen LogP contribution in [0.4, 0.5) is 0 Å². The first kappa shape index (κ1) is 15.3. The maximum absolute atomic E-state index is 11.9. The van der Waals surface area contributed by atoms with Crippen LogP contribution in [-0.2, 0) is 11.3 Å². The Morgan fingerprint density at radius 2 is 2.25 bits per heavy atom. The predicted octanol–water partition coefficient (Wildman–Crippen LogP) is 1.50. The number of carbonyl (C=O) groups excluding carboxylic acids is 1. The lowest BCUT2D eigenvalue weighted by Crippen LogP contribution is -2.36. The molecular weight excluding hydrogens is 274 g/mol. The quantitative estimate of drug-likeness (QED) is 0.836. The van der Waals surface area contributed by atoms with E-state index in [0.29, 0.717) is 24.0 Å². The fourth-order valence-electron chi connectivity index (χ4n) is 2.61. The van der Waals surface area contributed by atoms with Crippen LogP contribution in [0.5, 0.6) is 0 Å². The molecule has 20 heavy (non-hydrogen) atoms. The van der Waals surface area contributed by atoms with E-state index < -0.39 is 0 Å². The van der Waals surface area contributed by atoms with Crippen molar-refractivity contribution in [3.8, 4) is 0 Å². The zero-order valence-electron chi connectivity index (χ0n) is 11.9. The summed E-state index contributed by atoms with van der Waals surface area (Å²) in [4.78, 5) is 14.1. The van der Waals surface area contributed by atoms with E-state index in [2.05, 4.69) is 15.5 Å². The molecule has 1 amide bonds. The number of hydrogen-bond donors (Lipinski definition) is 2. The zero-order valence-corrected chi connectivity index (χ0v) is 12.6. The smallest absolute Gasteiger partial charge is 0.234 e. The Kier molecular flexibility index (Phi) is 5.83. The minimum Gasteiger partial charge on any atom is -0.351 e. The van der Waals surface area contributed by atoms with Crippen LogP contribution in [0, 0.1) is 5.92 Å². The molecular formula is C15H22ClN3O. The maximum atomic E-state index is 11.9. The summed E-state index contributed by atoms with van der Waals surface area (Å²) in [5, 5.41) is 6.82. The minimum atomic E-state index is 0.0648. The molecule has 0 aliphatic carbocycles. The summed E-state index contributed by atoms with van der Waals surface area (Å²) in [5.74, 6) is 0.728. The van der Waals surface area contributed by atoms with Crippen molar-refractivity contribution in [2.24, 2.45) is 5.92 Å². The largest absolute Gasteiger partial charge is 0.351 e. The highest BCUT2D eigenvalue weighted by atomic mass is 35.5. The Morgan fingerprint density at radius 1 is 1.45 bits per heavy atom. The van der Waals surface area contributed by atoms with Gasteiger partial charge in [0.2, 0.25) is 5.91 Å². The Morgan fingerprint density at radius 3 is 3.00 bits per heavy atom. The predicted molar refractivity (Wildman–Crippen MR) is 81.8 cm³/mol. The van der Waals surface area contributed by atoms with Gasteiger partial charge in [0.15, 0.2) is 0 Å². The number of nitrogens with zero attached hydrogens (tertiary/aromatic N) is 1. The summed E-state index contributed by atoms with van der Waals surface area (Å²) in [6.07, 6.45) is 1.17. The SMILES string of the molecule is CNCC1CCN(CC(=O)NCc2ccccc2Cl)C1. The van der Waals surface area contributed by atoms with Crippen molar-refractivity contribution < 1.29 is 4.79 Å². The van der Waals surface area contributed by atoms with E-state index in [4.69, 9.17) is 11.6 Å². The Labute approximate surface area is 125 Å². The molecule has 4 nitrogen and oxygen atoms in total. The molecule has 1 saturated heterocycles. The van der Waals surface area contributed by atoms with Crippen LogP contribution < -0.4 is 10.6 Å². The lowest BCUT2D eigenvalue weighted by Gasteiger charge is -2.15. The van der Waals surface area contributed by atoms with E-state index in [0.717, 1.165) is 25.2 Å². The van der Waals surface area contributed by atoms with E-state index in [-0.39, 0.29) is 5.91 Å². The first-order valence-electron chi connectivity index (χ1n) is 7.06. The second-order valence-electron chi connectivity index (χ2n) is 5.32. The number of rotatable bonds is 6. The van der Waals surface area contributed by atoms with Gasteiger partial charge in [0.1, 0.15) is 0 Å². The molecule has 1 unspecified atom stereocenters. The van der Waals surface area contributed by atoms with Gasteiger partial charge >= 0.3 is 0 Å². The molecule has 5 heteroatoms. The van der Waals surface area contributed by atoms with E-state index in [1.54, 1.807) is 0 Å². The normalized spacial score (nSPS) is 19.2. The van der Waals surface area contributed by atoms with Gasteiger partial charge in [-0.3, -0.25) is 9.69 Å². The van der Waals surface area contributed by atoms with Crippen molar-refractivity contribution in [3.05, 3.63) is 34.9 Å². The lowest BCUT2D eigenvalue weighted by molar-refractivity contribution is -0.122. The van der Waals surface area contributed by atoms with Gasteiger partial charge < -0.3 is 10.6 Å². The van der Waals surface area contributed by atoms with Crippen LogP contribution in [-0.4, -0.2) is 44.0 Å². The Balaban J connectivity index is 1.72. The summed E-state index contributed by atoms with van der Waals surface area (Å²) in [5.41, 5.74) is 0.956. The average Bonchev–Trinajstić information content (AvgIpc) is 2.85. The van der Waals surface area contributed by atoms with Crippen molar-refractivity contribution in [3.63, 3.8) is 0 Å². The van der Waals surface area contributed by atoms with Gasteiger partial charge in [-0.05, 0) is 44.1 Å². The average molecular weight is 296 g/mol. The Hall–Kier alpha value is -1.10. The molecule has 2 N–H and O–H groups in total. The van der Waals surface area contributed by atoms with Gasteiger partial charge in [0.25, 0.3) is 0 Å². The Bertz CT molecular complexity index is 452. The standard InChI is InChI=1S/C15H22ClN3O/c1-17-8-12-6-7-19(10-12)11-15(20)18-9-13-4-2-3-5-14(13)16/h2-5,12,17H,6-11H2,1H3,(H,18,20). The molecule has 2 rings (SSSR count). The van der Waals surface area contributed by atoms with Crippen LogP contribution in [0.25, 0.3) is 0 Å². The molecule has 0 saturated carbocycles. The van der Waals surface area contributed by atoms with Gasteiger partial charge in [-0.25, -0.2) is 0 Å². The van der Waals surface area contributed by atoms with Gasteiger partial charge in [0, 0.05) is 18.1 Å². The van der Waals surface area contributed by atoms with E-state index >= 15 is 0 Å². The molecule has 1 fully saturated rings. The zero-order chi connectivity index (χ0) is 14.4. The molecule has 110 valence electrons. The molecule has 0 spiro atoms. The van der Waals surface area contributed by atoms with E-state index in [1.807, 2.05) is 31.3 Å². The molecule has 1 aliphatic rings. The topological polar surface area (TPSA) is 44.4 Å². The highest BCUT2D eigenvalue weighted by Crippen LogP contribution is 2.15. The molecule has 0 radical (unpaired) electrons.